The number of carboxylic acids is 1. The molecule has 1 aliphatic rings. The minimum Gasteiger partial charge on any atom is -0.478 e. The van der Waals surface area contributed by atoms with Crippen molar-refractivity contribution >= 4 is 17.7 Å². The molecular formula is C15H19FN2O3. The fourth-order valence-electron chi connectivity index (χ4n) is 2.59. The van der Waals surface area contributed by atoms with E-state index in [9.17, 15) is 14.0 Å². The van der Waals surface area contributed by atoms with Gasteiger partial charge < -0.3 is 15.3 Å². The number of amides is 2. The highest BCUT2D eigenvalue weighted by atomic mass is 19.1. The molecule has 0 atom stereocenters. The summed E-state index contributed by atoms with van der Waals surface area (Å²) >= 11 is 0. The first-order valence-electron chi connectivity index (χ1n) is 6.87. The predicted octanol–water partition coefficient (Wildman–Crippen LogP) is 3.18. The van der Waals surface area contributed by atoms with E-state index in [0.717, 1.165) is 25.0 Å². The second kappa shape index (κ2) is 5.71. The third-order valence-electron chi connectivity index (χ3n) is 3.64. The van der Waals surface area contributed by atoms with Crippen molar-refractivity contribution in [1.29, 1.82) is 0 Å². The first-order valence-corrected chi connectivity index (χ1v) is 6.87. The molecule has 1 fully saturated rings. The van der Waals surface area contributed by atoms with Crippen molar-refractivity contribution in [3.8, 4) is 0 Å². The number of carboxylic acid groups (broad SMARTS) is 1. The maximum absolute atomic E-state index is 13.1. The molecule has 1 aromatic rings. The van der Waals surface area contributed by atoms with E-state index in [4.69, 9.17) is 5.11 Å². The van der Waals surface area contributed by atoms with Crippen LogP contribution in [0.1, 0.15) is 37.0 Å². The lowest BCUT2D eigenvalue weighted by Gasteiger charge is -2.38. The molecule has 0 bridgehead atoms. The summed E-state index contributed by atoms with van der Waals surface area (Å²) in [7, 11) is 0. The van der Waals surface area contributed by atoms with Crippen LogP contribution in [0.4, 0.5) is 14.9 Å². The molecule has 1 saturated heterocycles. The van der Waals surface area contributed by atoms with E-state index in [1.165, 1.54) is 6.07 Å². The maximum atomic E-state index is 13.1. The molecule has 1 aliphatic heterocycles. The van der Waals surface area contributed by atoms with Crippen LogP contribution in [0.2, 0.25) is 0 Å². The lowest BCUT2D eigenvalue weighted by molar-refractivity contribution is 0.0697. The van der Waals surface area contributed by atoms with Crippen LogP contribution in [0.3, 0.4) is 0 Å². The highest BCUT2D eigenvalue weighted by Crippen LogP contribution is 2.29. The Bertz CT molecular complexity index is 572. The Labute approximate surface area is 122 Å². The number of likely N-dealkylation sites (tertiary alicyclic amines) is 1. The van der Waals surface area contributed by atoms with Gasteiger partial charge in [0.1, 0.15) is 5.82 Å². The van der Waals surface area contributed by atoms with Crippen LogP contribution >= 0.6 is 0 Å². The topological polar surface area (TPSA) is 69.6 Å². The SMILES string of the molecule is CC1(C)CCCN(C(=O)Nc2ccc(F)cc2C(=O)O)C1. The van der Waals surface area contributed by atoms with Crippen LogP contribution in [0.5, 0.6) is 0 Å². The molecule has 0 spiro atoms. The van der Waals surface area contributed by atoms with E-state index in [-0.39, 0.29) is 22.7 Å². The Balaban J connectivity index is 2.14. The molecule has 114 valence electrons. The fraction of sp³-hybridized carbons (Fsp3) is 0.467. The molecule has 1 aromatic carbocycles. The summed E-state index contributed by atoms with van der Waals surface area (Å²) in [6, 6.07) is 2.95. The molecule has 0 unspecified atom stereocenters. The van der Waals surface area contributed by atoms with E-state index in [0.29, 0.717) is 13.1 Å². The number of nitrogens with one attached hydrogen (secondary N) is 1. The first kappa shape index (κ1) is 15.3. The third-order valence-corrected chi connectivity index (χ3v) is 3.64. The molecular weight excluding hydrogens is 275 g/mol. The molecule has 2 N–H and O–H groups in total. The molecule has 2 amide bonds. The second-order valence-corrected chi connectivity index (χ2v) is 6.11. The number of halogens is 1. The highest BCUT2D eigenvalue weighted by molar-refractivity contribution is 6.00. The Morgan fingerprint density at radius 2 is 2.10 bits per heavy atom. The van der Waals surface area contributed by atoms with Gasteiger partial charge in [0.25, 0.3) is 0 Å². The van der Waals surface area contributed by atoms with E-state index >= 15 is 0 Å². The average molecular weight is 294 g/mol. The molecule has 0 aromatic heterocycles. The zero-order valence-electron chi connectivity index (χ0n) is 12.1. The number of urea groups is 1. The van der Waals surface area contributed by atoms with Crippen molar-refractivity contribution in [3.05, 3.63) is 29.6 Å². The van der Waals surface area contributed by atoms with Gasteiger partial charge >= 0.3 is 12.0 Å². The molecule has 0 saturated carbocycles. The van der Waals surface area contributed by atoms with E-state index < -0.39 is 11.8 Å². The van der Waals surface area contributed by atoms with Crippen LogP contribution < -0.4 is 5.32 Å². The zero-order valence-corrected chi connectivity index (χ0v) is 12.1. The average Bonchev–Trinajstić information content (AvgIpc) is 2.39. The second-order valence-electron chi connectivity index (χ2n) is 6.11. The van der Waals surface area contributed by atoms with Crippen LogP contribution in [-0.2, 0) is 0 Å². The van der Waals surface area contributed by atoms with Gasteiger partial charge in [0.05, 0.1) is 11.3 Å². The fourth-order valence-corrected chi connectivity index (χ4v) is 2.59. The number of benzene rings is 1. The lowest BCUT2D eigenvalue weighted by Crippen LogP contribution is -2.45. The minimum atomic E-state index is -1.27. The van der Waals surface area contributed by atoms with Crippen LogP contribution in [0.25, 0.3) is 0 Å². The zero-order chi connectivity index (χ0) is 15.6. The number of aromatic carboxylic acids is 1. The largest absolute Gasteiger partial charge is 0.478 e. The Hall–Kier alpha value is -2.11. The van der Waals surface area contributed by atoms with Crippen LogP contribution in [-0.4, -0.2) is 35.1 Å². The number of rotatable bonds is 2. The quantitative estimate of drug-likeness (QED) is 0.880. The van der Waals surface area contributed by atoms with Crippen LogP contribution in [0.15, 0.2) is 18.2 Å². The van der Waals surface area contributed by atoms with Crippen molar-refractivity contribution < 1.29 is 19.1 Å². The molecule has 2 rings (SSSR count). The van der Waals surface area contributed by atoms with Gasteiger partial charge in [-0.1, -0.05) is 13.8 Å². The number of nitrogens with zero attached hydrogens (tertiary/aromatic N) is 1. The molecule has 1 heterocycles. The summed E-state index contributed by atoms with van der Waals surface area (Å²) in [4.78, 5) is 25.0. The molecule has 5 nitrogen and oxygen atoms in total. The third kappa shape index (κ3) is 3.71. The summed E-state index contributed by atoms with van der Waals surface area (Å²) in [5.74, 6) is -1.92. The van der Waals surface area contributed by atoms with Gasteiger partial charge in [-0.15, -0.1) is 0 Å². The monoisotopic (exact) mass is 294 g/mol. The summed E-state index contributed by atoms with van der Waals surface area (Å²) in [6.45, 7) is 5.43. The van der Waals surface area contributed by atoms with Gasteiger partial charge in [-0.05, 0) is 36.5 Å². The predicted molar refractivity (Wildman–Crippen MR) is 77.0 cm³/mol. The molecule has 0 radical (unpaired) electrons. The van der Waals surface area contributed by atoms with Crippen molar-refractivity contribution in [3.63, 3.8) is 0 Å². The number of hydrogen-bond acceptors (Lipinski definition) is 2. The Morgan fingerprint density at radius 3 is 2.71 bits per heavy atom. The first-order chi connectivity index (χ1) is 9.78. The summed E-state index contributed by atoms with van der Waals surface area (Å²) in [5, 5.41) is 11.6. The van der Waals surface area contributed by atoms with E-state index in [1.807, 2.05) is 0 Å². The minimum absolute atomic E-state index is 0.0496. The number of piperidine rings is 1. The van der Waals surface area contributed by atoms with Crippen molar-refractivity contribution in [2.75, 3.05) is 18.4 Å². The van der Waals surface area contributed by atoms with Gasteiger partial charge in [0, 0.05) is 13.1 Å². The van der Waals surface area contributed by atoms with E-state index in [2.05, 4.69) is 19.2 Å². The smallest absolute Gasteiger partial charge is 0.337 e. The molecule has 6 heteroatoms. The van der Waals surface area contributed by atoms with Gasteiger partial charge in [-0.25, -0.2) is 14.0 Å². The van der Waals surface area contributed by atoms with Crippen LogP contribution in [0, 0.1) is 11.2 Å². The van der Waals surface area contributed by atoms with Crippen molar-refractivity contribution in [1.82, 2.24) is 4.90 Å². The maximum Gasteiger partial charge on any atom is 0.337 e. The van der Waals surface area contributed by atoms with Gasteiger partial charge in [0.15, 0.2) is 0 Å². The van der Waals surface area contributed by atoms with Gasteiger partial charge in [0.2, 0.25) is 0 Å². The normalized spacial score (nSPS) is 17.4. The lowest BCUT2D eigenvalue weighted by atomic mass is 9.84. The van der Waals surface area contributed by atoms with Crippen molar-refractivity contribution in [2.24, 2.45) is 5.41 Å². The number of carbonyl (C=O) groups excluding carboxylic acids is 1. The molecule has 21 heavy (non-hydrogen) atoms. The highest BCUT2D eigenvalue weighted by Gasteiger charge is 2.29. The number of hydrogen-bond donors (Lipinski definition) is 2. The van der Waals surface area contributed by atoms with Gasteiger partial charge in [-0.3, -0.25) is 0 Å². The number of anilines is 1. The van der Waals surface area contributed by atoms with Crippen molar-refractivity contribution in [2.45, 2.75) is 26.7 Å². The van der Waals surface area contributed by atoms with E-state index in [1.54, 1.807) is 4.90 Å². The standard InChI is InChI=1S/C15H19FN2O3/c1-15(2)6-3-7-18(9-15)14(21)17-12-5-4-10(16)8-11(12)13(19)20/h4-5,8H,3,6-7,9H2,1-2H3,(H,17,21)(H,19,20). The number of carbonyl (C=O) groups is 2. The Morgan fingerprint density at radius 1 is 1.38 bits per heavy atom. The summed E-state index contributed by atoms with van der Waals surface area (Å²) in [5.41, 5.74) is -0.0921. The summed E-state index contributed by atoms with van der Waals surface area (Å²) < 4.78 is 13.1. The molecule has 0 aliphatic carbocycles. The van der Waals surface area contributed by atoms with Gasteiger partial charge in [-0.2, -0.15) is 0 Å². The Kier molecular flexibility index (Phi) is 4.16. The summed E-state index contributed by atoms with van der Waals surface area (Å²) in [6.07, 6.45) is 1.96.